The lowest BCUT2D eigenvalue weighted by molar-refractivity contribution is 0.150. The Morgan fingerprint density at radius 2 is 1.75 bits per heavy atom. The summed E-state index contributed by atoms with van der Waals surface area (Å²) < 4.78 is 0. The predicted octanol–water partition coefficient (Wildman–Crippen LogP) is 2.49. The van der Waals surface area contributed by atoms with Crippen molar-refractivity contribution >= 4 is 0 Å². The average Bonchev–Trinajstić information content (AvgIpc) is 2.18. The van der Waals surface area contributed by atoms with Crippen LogP contribution in [-0.4, -0.2) is 36.6 Å². The second kappa shape index (κ2) is 5.50. The lowest BCUT2D eigenvalue weighted by Gasteiger charge is -2.40. The van der Waals surface area contributed by atoms with Gasteiger partial charge in [-0.15, -0.1) is 0 Å². The Labute approximate surface area is 101 Å². The molecule has 1 saturated heterocycles. The molecule has 0 atom stereocenters. The summed E-state index contributed by atoms with van der Waals surface area (Å²) >= 11 is 0. The van der Waals surface area contributed by atoms with Crippen molar-refractivity contribution in [3.63, 3.8) is 0 Å². The van der Waals surface area contributed by atoms with Crippen LogP contribution >= 0.6 is 0 Å². The van der Waals surface area contributed by atoms with Crippen molar-refractivity contribution in [3.05, 3.63) is 0 Å². The van der Waals surface area contributed by atoms with Crippen LogP contribution < -0.4 is 5.32 Å². The van der Waals surface area contributed by atoms with Gasteiger partial charge in [0.25, 0.3) is 0 Å². The first-order valence-corrected chi connectivity index (χ1v) is 7.12. The van der Waals surface area contributed by atoms with Crippen LogP contribution in [0.2, 0.25) is 0 Å². The van der Waals surface area contributed by atoms with Crippen LogP contribution in [0.1, 0.15) is 46.5 Å². The van der Waals surface area contributed by atoms with E-state index >= 15 is 0 Å². The molecule has 0 aromatic carbocycles. The molecular formula is C14H28N2. The van der Waals surface area contributed by atoms with Crippen molar-refractivity contribution in [2.75, 3.05) is 19.6 Å². The Bertz CT molecular complexity index is 201. The number of nitrogens with zero attached hydrogens (tertiary/aromatic N) is 1. The summed E-state index contributed by atoms with van der Waals surface area (Å²) in [5.74, 6) is 1.79. The largest absolute Gasteiger partial charge is 0.311 e. The first-order valence-electron chi connectivity index (χ1n) is 7.12. The molecule has 0 unspecified atom stereocenters. The van der Waals surface area contributed by atoms with Crippen LogP contribution in [0.5, 0.6) is 0 Å². The van der Waals surface area contributed by atoms with Gasteiger partial charge in [-0.1, -0.05) is 20.8 Å². The van der Waals surface area contributed by atoms with Gasteiger partial charge < -0.3 is 10.2 Å². The highest BCUT2D eigenvalue weighted by Gasteiger charge is 2.28. The molecule has 16 heavy (non-hydrogen) atoms. The fourth-order valence-corrected chi connectivity index (χ4v) is 3.17. The molecule has 0 aromatic rings. The van der Waals surface area contributed by atoms with Gasteiger partial charge in [0.05, 0.1) is 0 Å². The Morgan fingerprint density at radius 3 is 2.25 bits per heavy atom. The van der Waals surface area contributed by atoms with E-state index in [-0.39, 0.29) is 0 Å². The number of piperidine rings is 1. The highest BCUT2D eigenvalue weighted by molar-refractivity contribution is 4.87. The van der Waals surface area contributed by atoms with Crippen LogP contribution in [-0.2, 0) is 0 Å². The molecule has 2 nitrogen and oxygen atoms in total. The third-order valence-electron chi connectivity index (χ3n) is 4.06. The van der Waals surface area contributed by atoms with Crippen molar-refractivity contribution in [1.29, 1.82) is 0 Å². The number of hydrogen-bond donors (Lipinski definition) is 1. The summed E-state index contributed by atoms with van der Waals surface area (Å²) in [6, 6.07) is 1.65. The monoisotopic (exact) mass is 224 g/mol. The standard InChI is InChI=1S/C14H28N2/c1-11(2)10-16-6-4-13(5-7-16)15-14-8-12(3)9-14/h11-15H,4-10H2,1-3H3. The van der Waals surface area contributed by atoms with E-state index in [9.17, 15) is 0 Å². The minimum absolute atomic E-state index is 0.806. The van der Waals surface area contributed by atoms with Crippen molar-refractivity contribution < 1.29 is 0 Å². The molecule has 0 spiro atoms. The van der Waals surface area contributed by atoms with E-state index in [0.29, 0.717) is 0 Å². The molecule has 2 rings (SSSR count). The van der Waals surface area contributed by atoms with Gasteiger partial charge in [0.2, 0.25) is 0 Å². The quantitative estimate of drug-likeness (QED) is 0.789. The summed E-state index contributed by atoms with van der Waals surface area (Å²) in [6.45, 7) is 10.9. The molecule has 1 aliphatic heterocycles. The Kier molecular flexibility index (Phi) is 4.26. The normalized spacial score (nSPS) is 33.0. The van der Waals surface area contributed by atoms with E-state index in [1.54, 1.807) is 0 Å². The molecule has 1 aliphatic carbocycles. The van der Waals surface area contributed by atoms with Crippen molar-refractivity contribution in [1.82, 2.24) is 10.2 Å². The Morgan fingerprint density at radius 1 is 1.12 bits per heavy atom. The number of hydrogen-bond acceptors (Lipinski definition) is 2. The van der Waals surface area contributed by atoms with Crippen LogP contribution in [0.25, 0.3) is 0 Å². The van der Waals surface area contributed by atoms with Gasteiger partial charge in [-0.25, -0.2) is 0 Å². The fraction of sp³-hybridized carbons (Fsp3) is 1.00. The topological polar surface area (TPSA) is 15.3 Å². The van der Waals surface area contributed by atoms with E-state index in [2.05, 4.69) is 31.0 Å². The van der Waals surface area contributed by atoms with E-state index in [1.165, 1.54) is 45.3 Å². The van der Waals surface area contributed by atoms with Crippen LogP contribution in [0.3, 0.4) is 0 Å². The van der Waals surface area contributed by atoms with Gasteiger partial charge >= 0.3 is 0 Å². The molecule has 0 amide bonds. The molecule has 0 bridgehead atoms. The molecule has 0 aromatic heterocycles. The van der Waals surface area contributed by atoms with Crippen LogP contribution in [0.4, 0.5) is 0 Å². The van der Waals surface area contributed by atoms with Gasteiger partial charge in [-0.3, -0.25) is 0 Å². The van der Waals surface area contributed by atoms with Crippen molar-refractivity contribution in [2.45, 2.75) is 58.5 Å². The second-order valence-electron chi connectivity index (χ2n) is 6.41. The third kappa shape index (κ3) is 3.46. The summed E-state index contributed by atoms with van der Waals surface area (Å²) in [4.78, 5) is 2.63. The van der Waals surface area contributed by atoms with Gasteiger partial charge in [0.15, 0.2) is 0 Å². The number of nitrogens with one attached hydrogen (secondary N) is 1. The van der Waals surface area contributed by atoms with Crippen LogP contribution in [0.15, 0.2) is 0 Å². The molecule has 2 aliphatic rings. The lowest BCUT2D eigenvalue weighted by Crippen LogP contribution is -2.50. The second-order valence-corrected chi connectivity index (χ2v) is 6.41. The maximum atomic E-state index is 3.83. The zero-order chi connectivity index (χ0) is 11.5. The molecule has 1 N–H and O–H groups in total. The highest BCUT2D eigenvalue weighted by atomic mass is 15.1. The molecule has 2 fully saturated rings. The molecule has 1 saturated carbocycles. The van der Waals surface area contributed by atoms with Crippen molar-refractivity contribution in [2.24, 2.45) is 11.8 Å². The smallest absolute Gasteiger partial charge is 0.00940 e. The lowest BCUT2D eigenvalue weighted by atomic mass is 9.81. The SMILES string of the molecule is CC(C)CN1CCC(NC2CC(C)C2)CC1. The van der Waals surface area contributed by atoms with Crippen molar-refractivity contribution in [3.8, 4) is 0 Å². The number of rotatable bonds is 4. The van der Waals surface area contributed by atoms with E-state index in [4.69, 9.17) is 0 Å². The Hall–Kier alpha value is -0.0800. The summed E-state index contributed by atoms with van der Waals surface area (Å²) in [5.41, 5.74) is 0. The van der Waals surface area contributed by atoms with Crippen LogP contribution in [0, 0.1) is 11.8 Å². The Balaban J connectivity index is 1.61. The summed E-state index contributed by atoms with van der Waals surface area (Å²) in [6.07, 6.45) is 5.54. The maximum absolute atomic E-state index is 3.83. The summed E-state index contributed by atoms with van der Waals surface area (Å²) in [5, 5.41) is 3.83. The summed E-state index contributed by atoms with van der Waals surface area (Å²) in [7, 11) is 0. The van der Waals surface area contributed by atoms with Gasteiger partial charge in [0.1, 0.15) is 0 Å². The first-order chi connectivity index (χ1) is 7.63. The molecule has 2 heteroatoms. The van der Waals surface area contributed by atoms with E-state index in [1.807, 2.05) is 0 Å². The average molecular weight is 224 g/mol. The van der Waals surface area contributed by atoms with Gasteiger partial charge in [-0.05, 0) is 50.6 Å². The molecule has 0 radical (unpaired) electrons. The maximum Gasteiger partial charge on any atom is 0.00940 e. The highest BCUT2D eigenvalue weighted by Crippen LogP contribution is 2.27. The molecular weight excluding hydrogens is 196 g/mol. The third-order valence-corrected chi connectivity index (χ3v) is 4.06. The number of likely N-dealkylation sites (tertiary alicyclic amines) is 1. The minimum Gasteiger partial charge on any atom is -0.311 e. The fourth-order valence-electron chi connectivity index (χ4n) is 3.17. The zero-order valence-corrected chi connectivity index (χ0v) is 11.2. The van der Waals surface area contributed by atoms with E-state index in [0.717, 1.165) is 23.9 Å². The molecule has 94 valence electrons. The first kappa shape index (κ1) is 12.4. The predicted molar refractivity (Wildman–Crippen MR) is 69.6 cm³/mol. The molecule has 1 heterocycles. The van der Waals surface area contributed by atoms with E-state index < -0.39 is 0 Å². The zero-order valence-electron chi connectivity index (χ0n) is 11.2. The van der Waals surface area contributed by atoms with Gasteiger partial charge in [0, 0.05) is 18.6 Å². The minimum atomic E-state index is 0.806. The van der Waals surface area contributed by atoms with Gasteiger partial charge in [-0.2, -0.15) is 0 Å².